The molecule has 5 rings (SSSR count). The minimum atomic E-state index is 0.0926. The number of nitrogens with two attached hydrogens (primary N) is 1. The van der Waals surface area contributed by atoms with E-state index in [0.717, 1.165) is 56.8 Å². The van der Waals surface area contributed by atoms with Crippen LogP contribution < -0.4 is 10.5 Å². The normalized spacial score (nSPS) is 21.4. The fourth-order valence-electron chi connectivity index (χ4n) is 5.01. The second-order valence-electron chi connectivity index (χ2n) is 8.14. The van der Waals surface area contributed by atoms with Crippen LogP contribution in [0.1, 0.15) is 36.1 Å². The number of nitrogens with zero attached hydrogens (tertiary/aromatic N) is 5. The number of anilines is 1. The maximum atomic E-state index is 5.93. The predicted octanol–water partition coefficient (Wildman–Crippen LogP) is 2.73. The fourth-order valence-corrected chi connectivity index (χ4v) is 5.01. The van der Waals surface area contributed by atoms with E-state index in [2.05, 4.69) is 32.1 Å². The number of likely N-dealkylation sites (tertiary alicyclic amines) is 1. The van der Waals surface area contributed by atoms with Gasteiger partial charge in [-0.15, -0.1) is 0 Å². The Balaban J connectivity index is 1.45. The SMILES string of the molecule is COc1ccc(-n2cccn2)c(CN2CCCC3(CCc4cnc(N)nc43)C2)c1. The van der Waals surface area contributed by atoms with Gasteiger partial charge in [-0.05, 0) is 67.6 Å². The summed E-state index contributed by atoms with van der Waals surface area (Å²) in [5.41, 5.74) is 10.8. The lowest BCUT2D eigenvalue weighted by molar-refractivity contribution is 0.136. The summed E-state index contributed by atoms with van der Waals surface area (Å²) in [6, 6.07) is 8.15. The van der Waals surface area contributed by atoms with Gasteiger partial charge in [0, 0.05) is 37.1 Å². The smallest absolute Gasteiger partial charge is 0.220 e. The number of aryl methyl sites for hydroxylation is 1. The molecule has 2 aromatic heterocycles. The standard InChI is InChI=1S/C22H26N6O/c1-29-18-4-5-19(28-11-3-9-25-28)17(12-18)14-27-10-2-7-22(15-27)8-6-16-13-24-21(23)26-20(16)22/h3-5,9,11-13H,2,6-8,10,14-15H2,1H3,(H2,23,24,26). The minimum absolute atomic E-state index is 0.0926. The number of hydrogen-bond acceptors (Lipinski definition) is 6. The molecule has 150 valence electrons. The van der Waals surface area contributed by atoms with E-state index in [4.69, 9.17) is 10.5 Å². The van der Waals surface area contributed by atoms with Crippen molar-refractivity contribution in [3.63, 3.8) is 0 Å². The van der Waals surface area contributed by atoms with Crippen LogP contribution in [0, 0.1) is 0 Å². The van der Waals surface area contributed by atoms with Gasteiger partial charge in [0.1, 0.15) is 5.75 Å². The van der Waals surface area contributed by atoms with E-state index in [-0.39, 0.29) is 5.41 Å². The molecule has 3 aromatic rings. The topological polar surface area (TPSA) is 82.1 Å². The molecule has 1 saturated heterocycles. The number of ether oxygens (including phenoxy) is 1. The average Bonchev–Trinajstić information content (AvgIpc) is 3.38. The number of methoxy groups -OCH3 is 1. The van der Waals surface area contributed by atoms with E-state index in [1.165, 1.54) is 16.8 Å². The molecule has 1 aliphatic heterocycles. The van der Waals surface area contributed by atoms with Gasteiger partial charge in [-0.3, -0.25) is 4.90 Å². The molecule has 1 fully saturated rings. The number of aromatic nitrogens is 4. The second-order valence-corrected chi connectivity index (χ2v) is 8.14. The van der Waals surface area contributed by atoms with Gasteiger partial charge in [0.25, 0.3) is 0 Å². The molecule has 7 heteroatoms. The summed E-state index contributed by atoms with van der Waals surface area (Å²) in [5, 5.41) is 4.43. The van der Waals surface area contributed by atoms with Crippen LogP contribution in [0.15, 0.2) is 42.9 Å². The van der Waals surface area contributed by atoms with Crippen LogP contribution >= 0.6 is 0 Å². The highest BCUT2D eigenvalue weighted by molar-refractivity contribution is 5.45. The third-order valence-electron chi connectivity index (χ3n) is 6.35. The lowest BCUT2D eigenvalue weighted by atomic mass is 9.77. The maximum absolute atomic E-state index is 5.93. The number of hydrogen-bond donors (Lipinski definition) is 1. The lowest BCUT2D eigenvalue weighted by Crippen LogP contribution is -2.45. The Morgan fingerprint density at radius 1 is 1.28 bits per heavy atom. The van der Waals surface area contributed by atoms with Crippen molar-refractivity contribution in [2.75, 3.05) is 25.9 Å². The molecule has 0 radical (unpaired) electrons. The van der Waals surface area contributed by atoms with Crippen LogP contribution in [0.3, 0.4) is 0 Å². The summed E-state index contributed by atoms with van der Waals surface area (Å²) in [7, 11) is 1.71. The van der Waals surface area contributed by atoms with E-state index in [1.54, 1.807) is 7.11 Å². The third kappa shape index (κ3) is 3.25. The maximum Gasteiger partial charge on any atom is 0.220 e. The summed E-state index contributed by atoms with van der Waals surface area (Å²) in [6.45, 7) is 2.92. The molecular formula is C22H26N6O. The molecular weight excluding hydrogens is 364 g/mol. The van der Waals surface area contributed by atoms with Crippen molar-refractivity contribution in [3.8, 4) is 11.4 Å². The van der Waals surface area contributed by atoms with Gasteiger partial charge in [0.2, 0.25) is 5.95 Å². The van der Waals surface area contributed by atoms with E-state index in [1.807, 2.05) is 35.4 Å². The molecule has 7 nitrogen and oxygen atoms in total. The van der Waals surface area contributed by atoms with Gasteiger partial charge in [0.15, 0.2) is 0 Å². The fraction of sp³-hybridized carbons (Fsp3) is 0.409. The molecule has 1 aromatic carbocycles. The first-order valence-corrected chi connectivity index (χ1v) is 10.2. The summed E-state index contributed by atoms with van der Waals surface area (Å²) >= 11 is 0. The zero-order chi connectivity index (χ0) is 19.8. The Labute approximate surface area is 170 Å². The zero-order valence-corrected chi connectivity index (χ0v) is 16.7. The summed E-state index contributed by atoms with van der Waals surface area (Å²) in [6.07, 6.45) is 10.2. The van der Waals surface area contributed by atoms with Crippen molar-refractivity contribution >= 4 is 5.95 Å². The molecule has 1 unspecified atom stereocenters. The van der Waals surface area contributed by atoms with E-state index < -0.39 is 0 Å². The minimum Gasteiger partial charge on any atom is -0.497 e. The van der Waals surface area contributed by atoms with Gasteiger partial charge >= 0.3 is 0 Å². The molecule has 2 aliphatic rings. The molecule has 29 heavy (non-hydrogen) atoms. The van der Waals surface area contributed by atoms with Crippen LogP contribution in [0.2, 0.25) is 0 Å². The highest BCUT2D eigenvalue weighted by atomic mass is 16.5. The van der Waals surface area contributed by atoms with Crippen molar-refractivity contribution in [1.82, 2.24) is 24.6 Å². The first-order valence-electron chi connectivity index (χ1n) is 10.2. The van der Waals surface area contributed by atoms with Crippen molar-refractivity contribution in [3.05, 3.63) is 59.7 Å². The van der Waals surface area contributed by atoms with Crippen LogP contribution in [0.25, 0.3) is 5.69 Å². The van der Waals surface area contributed by atoms with Gasteiger partial charge in [-0.1, -0.05) is 0 Å². The summed E-state index contributed by atoms with van der Waals surface area (Å²) in [4.78, 5) is 11.4. The molecule has 0 bridgehead atoms. The zero-order valence-electron chi connectivity index (χ0n) is 16.7. The Morgan fingerprint density at radius 2 is 2.21 bits per heavy atom. The Kier molecular flexibility index (Phi) is 4.47. The van der Waals surface area contributed by atoms with Crippen molar-refractivity contribution < 1.29 is 4.74 Å². The Hall–Kier alpha value is -2.93. The van der Waals surface area contributed by atoms with E-state index >= 15 is 0 Å². The molecule has 1 atom stereocenters. The molecule has 0 amide bonds. The van der Waals surface area contributed by atoms with Crippen LogP contribution in [0.4, 0.5) is 5.95 Å². The van der Waals surface area contributed by atoms with E-state index in [9.17, 15) is 0 Å². The number of piperidine rings is 1. The van der Waals surface area contributed by atoms with Gasteiger partial charge in [-0.2, -0.15) is 5.10 Å². The van der Waals surface area contributed by atoms with Crippen LogP contribution in [-0.2, 0) is 18.4 Å². The molecule has 0 saturated carbocycles. The van der Waals surface area contributed by atoms with Crippen molar-refractivity contribution in [1.29, 1.82) is 0 Å². The van der Waals surface area contributed by atoms with E-state index in [0.29, 0.717) is 5.95 Å². The molecule has 1 spiro atoms. The highest BCUT2D eigenvalue weighted by Crippen LogP contribution is 2.44. The lowest BCUT2D eigenvalue weighted by Gasteiger charge is -2.40. The monoisotopic (exact) mass is 390 g/mol. The largest absolute Gasteiger partial charge is 0.497 e. The number of rotatable bonds is 4. The van der Waals surface area contributed by atoms with Crippen LogP contribution in [0.5, 0.6) is 5.75 Å². The Morgan fingerprint density at radius 3 is 3.03 bits per heavy atom. The first-order chi connectivity index (χ1) is 14.2. The van der Waals surface area contributed by atoms with Crippen molar-refractivity contribution in [2.24, 2.45) is 0 Å². The number of fused-ring (bicyclic) bond motifs is 2. The quantitative estimate of drug-likeness (QED) is 0.738. The first kappa shape index (κ1) is 18.1. The summed E-state index contributed by atoms with van der Waals surface area (Å²) < 4.78 is 7.41. The third-order valence-corrected chi connectivity index (χ3v) is 6.35. The predicted molar refractivity (Wildman–Crippen MR) is 111 cm³/mol. The van der Waals surface area contributed by atoms with Crippen LogP contribution in [-0.4, -0.2) is 44.8 Å². The number of nitrogen functional groups attached to an aromatic ring is 1. The highest BCUT2D eigenvalue weighted by Gasteiger charge is 2.43. The molecule has 1 aliphatic carbocycles. The van der Waals surface area contributed by atoms with Gasteiger partial charge in [0.05, 0.1) is 18.5 Å². The van der Waals surface area contributed by atoms with Gasteiger partial charge < -0.3 is 10.5 Å². The van der Waals surface area contributed by atoms with Gasteiger partial charge in [-0.25, -0.2) is 14.6 Å². The summed E-state index contributed by atoms with van der Waals surface area (Å²) in [5.74, 6) is 1.25. The number of benzene rings is 1. The average molecular weight is 390 g/mol. The Bertz CT molecular complexity index is 1010. The second kappa shape index (κ2) is 7.15. The molecule has 2 N–H and O–H groups in total. The molecule has 3 heterocycles. The van der Waals surface area contributed by atoms with Crippen molar-refractivity contribution in [2.45, 2.75) is 37.6 Å².